The molecule has 0 radical (unpaired) electrons. The van der Waals surface area contributed by atoms with Crippen LogP contribution in [0.4, 0.5) is 5.69 Å². The first-order valence-corrected chi connectivity index (χ1v) is 9.92. The van der Waals surface area contributed by atoms with Gasteiger partial charge in [0.25, 0.3) is 0 Å². The van der Waals surface area contributed by atoms with Gasteiger partial charge in [-0.3, -0.25) is 4.79 Å². The van der Waals surface area contributed by atoms with Crippen LogP contribution in [0, 0.1) is 11.3 Å². The van der Waals surface area contributed by atoms with Gasteiger partial charge in [0, 0.05) is 5.39 Å². The zero-order chi connectivity index (χ0) is 21.4. The molecule has 1 atom stereocenters. The van der Waals surface area contributed by atoms with E-state index in [0.29, 0.717) is 28.4 Å². The highest BCUT2D eigenvalue weighted by Gasteiger charge is 2.30. The number of carbonyl (C=O) groups is 1. The lowest BCUT2D eigenvalue weighted by Crippen LogP contribution is -2.45. The van der Waals surface area contributed by atoms with Crippen LogP contribution in [0.25, 0.3) is 16.6 Å². The fourth-order valence-corrected chi connectivity index (χ4v) is 3.87. The lowest BCUT2D eigenvalue weighted by Gasteiger charge is -2.22. The summed E-state index contributed by atoms with van der Waals surface area (Å²) in [5.74, 6) is 0.392. The van der Waals surface area contributed by atoms with Crippen molar-refractivity contribution in [2.24, 2.45) is 5.73 Å². The molecule has 0 aliphatic carbocycles. The Bertz CT molecular complexity index is 1340. The first-order valence-electron chi connectivity index (χ1n) is 9.92. The molecular formula is C24H19N5O2. The summed E-state index contributed by atoms with van der Waals surface area (Å²) < 4.78 is 7.50. The van der Waals surface area contributed by atoms with E-state index in [1.54, 1.807) is 15.6 Å². The Kier molecular flexibility index (Phi) is 4.62. The van der Waals surface area contributed by atoms with Crippen LogP contribution in [0.1, 0.15) is 11.3 Å². The van der Waals surface area contributed by atoms with E-state index in [4.69, 9.17) is 15.6 Å². The van der Waals surface area contributed by atoms with Gasteiger partial charge in [-0.1, -0.05) is 42.5 Å². The topological polar surface area (TPSA) is 97.2 Å². The normalized spacial score (nSPS) is 15.8. The first kappa shape index (κ1) is 18.9. The van der Waals surface area contributed by atoms with E-state index in [1.807, 2.05) is 66.7 Å². The van der Waals surface area contributed by atoms with Gasteiger partial charge in [0.1, 0.15) is 24.5 Å². The average molecular weight is 409 g/mol. The fraction of sp³-hybridized carbons (Fsp3) is 0.125. The second-order valence-electron chi connectivity index (χ2n) is 7.31. The maximum absolute atomic E-state index is 13.1. The Hall–Kier alpha value is -4.15. The number of rotatable bonds is 3. The zero-order valence-corrected chi connectivity index (χ0v) is 16.6. The predicted octanol–water partition coefficient (Wildman–Crippen LogP) is 3.15. The van der Waals surface area contributed by atoms with Gasteiger partial charge in [-0.25, -0.2) is 4.68 Å². The quantitative estimate of drug-likeness (QED) is 0.561. The highest BCUT2D eigenvalue weighted by molar-refractivity contribution is 5.99. The van der Waals surface area contributed by atoms with Crippen LogP contribution in [0.3, 0.4) is 0 Å². The second kappa shape index (κ2) is 7.59. The maximum atomic E-state index is 13.1. The molecule has 1 aromatic heterocycles. The molecule has 5 rings (SSSR count). The summed E-state index contributed by atoms with van der Waals surface area (Å²) in [6.07, 6.45) is 0. The fourth-order valence-electron chi connectivity index (χ4n) is 3.87. The van der Waals surface area contributed by atoms with Crippen molar-refractivity contribution in [1.29, 1.82) is 5.26 Å². The number of para-hydroxylation sites is 4. The number of hydrogen-bond donors (Lipinski definition) is 1. The zero-order valence-electron chi connectivity index (χ0n) is 16.6. The summed E-state index contributed by atoms with van der Waals surface area (Å²) in [4.78, 5) is 14.7. The molecule has 7 heteroatoms. The summed E-state index contributed by atoms with van der Waals surface area (Å²) >= 11 is 0. The Morgan fingerprint density at radius 1 is 1.03 bits per heavy atom. The van der Waals surface area contributed by atoms with E-state index in [9.17, 15) is 10.1 Å². The molecule has 31 heavy (non-hydrogen) atoms. The smallest absolute Gasteiger partial charge is 0.247 e. The van der Waals surface area contributed by atoms with Gasteiger partial charge < -0.3 is 15.4 Å². The van der Waals surface area contributed by atoms with Gasteiger partial charge in [-0.2, -0.15) is 10.4 Å². The molecule has 1 aliphatic rings. The Morgan fingerprint density at radius 2 is 1.74 bits per heavy atom. The van der Waals surface area contributed by atoms with E-state index < -0.39 is 6.04 Å². The van der Waals surface area contributed by atoms with Crippen molar-refractivity contribution in [1.82, 2.24) is 9.78 Å². The Balaban J connectivity index is 1.65. The molecule has 0 saturated heterocycles. The third kappa shape index (κ3) is 3.19. The summed E-state index contributed by atoms with van der Waals surface area (Å²) in [5.41, 5.74) is 9.51. The van der Waals surface area contributed by atoms with Crippen LogP contribution < -0.4 is 15.4 Å². The monoisotopic (exact) mass is 409 g/mol. The van der Waals surface area contributed by atoms with Gasteiger partial charge in [-0.05, 0) is 30.3 Å². The van der Waals surface area contributed by atoms with Gasteiger partial charge in [0.05, 0.1) is 34.7 Å². The van der Waals surface area contributed by atoms with E-state index in [0.717, 1.165) is 10.9 Å². The molecule has 0 saturated carbocycles. The number of amides is 1. The SMILES string of the molecule is N#Cc1ccccc1-n1nc(CN2C(=O)C(N)COc3ccccc32)c2ccccc21. The number of benzene rings is 3. The molecule has 2 N–H and O–H groups in total. The van der Waals surface area contributed by atoms with Crippen LogP contribution in [-0.2, 0) is 11.3 Å². The van der Waals surface area contributed by atoms with Crippen molar-refractivity contribution in [2.75, 3.05) is 11.5 Å². The lowest BCUT2D eigenvalue weighted by molar-refractivity contribution is -0.120. The van der Waals surface area contributed by atoms with Crippen molar-refractivity contribution >= 4 is 22.5 Å². The number of aromatic nitrogens is 2. The van der Waals surface area contributed by atoms with E-state index in [1.165, 1.54) is 0 Å². The van der Waals surface area contributed by atoms with Crippen LogP contribution in [-0.4, -0.2) is 28.3 Å². The molecule has 4 aromatic rings. The molecule has 152 valence electrons. The van der Waals surface area contributed by atoms with Gasteiger partial charge in [0.2, 0.25) is 5.91 Å². The van der Waals surface area contributed by atoms with Gasteiger partial charge >= 0.3 is 0 Å². The second-order valence-corrected chi connectivity index (χ2v) is 7.31. The average Bonchev–Trinajstić information content (AvgIpc) is 3.13. The van der Waals surface area contributed by atoms with Crippen LogP contribution in [0.2, 0.25) is 0 Å². The third-order valence-corrected chi connectivity index (χ3v) is 5.38. The van der Waals surface area contributed by atoms with Crippen molar-refractivity contribution in [3.63, 3.8) is 0 Å². The number of ether oxygens (including phenoxy) is 1. The number of nitriles is 1. The van der Waals surface area contributed by atoms with Crippen molar-refractivity contribution in [2.45, 2.75) is 12.6 Å². The molecule has 3 aromatic carbocycles. The summed E-state index contributed by atoms with van der Waals surface area (Å²) in [6, 6.07) is 23.9. The molecule has 2 heterocycles. The lowest BCUT2D eigenvalue weighted by atomic mass is 10.1. The summed E-state index contributed by atoms with van der Waals surface area (Å²) in [6.45, 7) is 0.353. The third-order valence-electron chi connectivity index (χ3n) is 5.38. The van der Waals surface area contributed by atoms with Crippen LogP contribution >= 0.6 is 0 Å². The highest BCUT2D eigenvalue weighted by atomic mass is 16.5. The number of nitrogens with zero attached hydrogens (tertiary/aromatic N) is 4. The van der Waals surface area contributed by atoms with Gasteiger partial charge in [-0.15, -0.1) is 0 Å². The van der Waals surface area contributed by atoms with E-state index in [2.05, 4.69) is 6.07 Å². The Labute approximate surface area is 178 Å². The minimum absolute atomic E-state index is 0.122. The molecule has 7 nitrogen and oxygen atoms in total. The molecule has 0 fully saturated rings. The largest absolute Gasteiger partial charge is 0.489 e. The number of nitrogens with two attached hydrogens (primary N) is 1. The van der Waals surface area contributed by atoms with Crippen LogP contribution in [0.15, 0.2) is 72.8 Å². The minimum Gasteiger partial charge on any atom is -0.489 e. The molecule has 1 aliphatic heterocycles. The van der Waals surface area contributed by atoms with E-state index in [-0.39, 0.29) is 19.1 Å². The van der Waals surface area contributed by atoms with Gasteiger partial charge in [0.15, 0.2) is 0 Å². The maximum Gasteiger partial charge on any atom is 0.247 e. The molecule has 0 spiro atoms. The van der Waals surface area contributed by atoms with Crippen molar-refractivity contribution in [3.05, 3.63) is 84.1 Å². The Morgan fingerprint density at radius 3 is 2.58 bits per heavy atom. The molecule has 1 amide bonds. The number of fused-ring (bicyclic) bond motifs is 2. The van der Waals surface area contributed by atoms with Crippen molar-refractivity contribution in [3.8, 4) is 17.5 Å². The molecule has 1 unspecified atom stereocenters. The van der Waals surface area contributed by atoms with E-state index >= 15 is 0 Å². The number of hydrogen-bond acceptors (Lipinski definition) is 5. The molecule has 0 bridgehead atoms. The number of anilines is 1. The molecular weight excluding hydrogens is 390 g/mol. The standard InChI is InChI=1S/C24H19N5O2/c25-13-16-7-1-3-9-20(16)29-21-10-4-2-8-17(21)19(27-29)14-28-22-11-5-6-12-23(22)31-15-18(26)24(28)30/h1-12,18H,14-15,26H2. The summed E-state index contributed by atoms with van der Waals surface area (Å²) in [7, 11) is 0. The van der Waals surface area contributed by atoms with Crippen LogP contribution in [0.5, 0.6) is 5.75 Å². The minimum atomic E-state index is -0.764. The highest BCUT2D eigenvalue weighted by Crippen LogP contribution is 2.33. The summed E-state index contributed by atoms with van der Waals surface area (Å²) in [5, 5.41) is 15.3. The predicted molar refractivity (Wildman–Crippen MR) is 117 cm³/mol. The van der Waals surface area contributed by atoms with Crippen molar-refractivity contribution < 1.29 is 9.53 Å². The number of carbonyl (C=O) groups excluding carboxylic acids is 1. The first-order chi connectivity index (χ1) is 15.2.